The quantitative estimate of drug-likeness (QED) is 0.852. The van der Waals surface area contributed by atoms with E-state index in [2.05, 4.69) is 21.9 Å². The van der Waals surface area contributed by atoms with Crippen LogP contribution in [0.15, 0.2) is 24.3 Å². The average Bonchev–Trinajstić information content (AvgIpc) is 2.45. The van der Waals surface area contributed by atoms with Gasteiger partial charge in [0, 0.05) is 39.3 Å². The average molecular weight is 250 g/mol. The molecule has 1 heterocycles. The summed E-state index contributed by atoms with van der Waals surface area (Å²) in [5, 5.41) is 8.84. The molecular formula is C14H22N2O2. The van der Waals surface area contributed by atoms with Crippen LogP contribution in [0.3, 0.4) is 0 Å². The minimum Gasteiger partial charge on any atom is -0.495 e. The molecule has 1 aliphatic rings. The molecule has 2 rings (SSSR count). The Morgan fingerprint density at radius 1 is 1.17 bits per heavy atom. The fraction of sp³-hybridized carbons (Fsp3) is 0.571. The number of hydrogen-bond acceptors (Lipinski definition) is 4. The van der Waals surface area contributed by atoms with E-state index in [1.807, 2.05) is 12.1 Å². The molecule has 0 radical (unpaired) electrons. The molecule has 0 unspecified atom stereocenters. The van der Waals surface area contributed by atoms with Crippen LogP contribution in [0.4, 0.5) is 5.69 Å². The number of aliphatic hydroxyl groups excluding tert-OH is 1. The number of piperazine rings is 1. The Balaban J connectivity index is 1.92. The number of ether oxygens (including phenoxy) is 1. The lowest BCUT2D eigenvalue weighted by Gasteiger charge is -2.36. The van der Waals surface area contributed by atoms with Gasteiger partial charge in [0.05, 0.1) is 12.8 Å². The van der Waals surface area contributed by atoms with Crippen LogP contribution in [-0.2, 0) is 0 Å². The van der Waals surface area contributed by atoms with Gasteiger partial charge < -0.3 is 14.7 Å². The lowest BCUT2D eigenvalue weighted by molar-refractivity contribution is 0.215. The maximum absolute atomic E-state index is 8.84. The molecule has 0 aliphatic carbocycles. The Morgan fingerprint density at radius 3 is 2.56 bits per heavy atom. The van der Waals surface area contributed by atoms with Crippen molar-refractivity contribution in [2.24, 2.45) is 0 Å². The fourth-order valence-electron chi connectivity index (χ4n) is 2.40. The van der Waals surface area contributed by atoms with Gasteiger partial charge in [-0.25, -0.2) is 0 Å². The van der Waals surface area contributed by atoms with Gasteiger partial charge in [-0.2, -0.15) is 0 Å². The van der Waals surface area contributed by atoms with E-state index in [9.17, 15) is 0 Å². The smallest absolute Gasteiger partial charge is 0.142 e. The van der Waals surface area contributed by atoms with Crippen molar-refractivity contribution >= 4 is 5.69 Å². The third-order valence-electron chi connectivity index (χ3n) is 3.43. The van der Waals surface area contributed by atoms with Crippen LogP contribution in [0, 0.1) is 0 Å². The Morgan fingerprint density at radius 2 is 1.89 bits per heavy atom. The second-order valence-corrected chi connectivity index (χ2v) is 4.58. The van der Waals surface area contributed by atoms with Crippen molar-refractivity contribution in [3.63, 3.8) is 0 Å². The molecular weight excluding hydrogens is 228 g/mol. The largest absolute Gasteiger partial charge is 0.495 e. The van der Waals surface area contributed by atoms with Gasteiger partial charge in [-0.3, -0.25) is 4.90 Å². The molecule has 0 saturated carbocycles. The Hall–Kier alpha value is -1.26. The van der Waals surface area contributed by atoms with Gasteiger partial charge >= 0.3 is 0 Å². The lowest BCUT2D eigenvalue weighted by atomic mass is 10.2. The maximum atomic E-state index is 8.84. The molecule has 1 aromatic rings. The zero-order chi connectivity index (χ0) is 12.8. The first-order valence-corrected chi connectivity index (χ1v) is 6.56. The molecule has 4 heteroatoms. The van der Waals surface area contributed by atoms with Crippen molar-refractivity contribution < 1.29 is 9.84 Å². The predicted octanol–water partition coefficient (Wildman–Crippen LogP) is 1.20. The van der Waals surface area contributed by atoms with Crippen molar-refractivity contribution in [2.75, 3.05) is 51.3 Å². The van der Waals surface area contributed by atoms with Crippen LogP contribution in [0.2, 0.25) is 0 Å². The van der Waals surface area contributed by atoms with Gasteiger partial charge in [-0.1, -0.05) is 12.1 Å². The molecule has 4 nitrogen and oxygen atoms in total. The van der Waals surface area contributed by atoms with E-state index in [1.165, 1.54) is 5.69 Å². The first-order chi connectivity index (χ1) is 8.85. The highest BCUT2D eigenvalue weighted by Gasteiger charge is 2.18. The summed E-state index contributed by atoms with van der Waals surface area (Å²) in [4.78, 5) is 4.77. The summed E-state index contributed by atoms with van der Waals surface area (Å²) in [6.07, 6.45) is 0.870. The van der Waals surface area contributed by atoms with E-state index >= 15 is 0 Å². The van der Waals surface area contributed by atoms with Crippen LogP contribution in [-0.4, -0.2) is 56.4 Å². The van der Waals surface area contributed by atoms with E-state index in [-0.39, 0.29) is 6.61 Å². The van der Waals surface area contributed by atoms with Crippen molar-refractivity contribution in [3.05, 3.63) is 24.3 Å². The van der Waals surface area contributed by atoms with E-state index in [0.717, 1.165) is 44.9 Å². The van der Waals surface area contributed by atoms with Gasteiger partial charge in [0.2, 0.25) is 0 Å². The minimum absolute atomic E-state index is 0.284. The highest BCUT2D eigenvalue weighted by molar-refractivity contribution is 5.58. The van der Waals surface area contributed by atoms with E-state index in [1.54, 1.807) is 7.11 Å². The summed E-state index contributed by atoms with van der Waals surface area (Å²) in [6.45, 7) is 5.43. The number of methoxy groups -OCH3 is 1. The summed E-state index contributed by atoms with van der Waals surface area (Å²) in [5.41, 5.74) is 1.18. The molecule has 0 aromatic heterocycles. The standard InChI is InChI=1S/C14H22N2O2/c1-18-14-6-3-2-5-13(14)16-10-8-15(9-11-16)7-4-12-17/h2-3,5-6,17H,4,7-12H2,1H3. The molecule has 1 saturated heterocycles. The van der Waals surface area contributed by atoms with Crippen molar-refractivity contribution in [2.45, 2.75) is 6.42 Å². The number of benzene rings is 1. The lowest BCUT2D eigenvalue weighted by Crippen LogP contribution is -2.46. The van der Waals surface area contributed by atoms with Gasteiger partial charge in [0.15, 0.2) is 0 Å². The van der Waals surface area contributed by atoms with Crippen molar-refractivity contribution in [1.82, 2.24) is 4.90 Å². The molecule has 1 N–H and O–H groups in total. The molecule has 0 amide bonds. The van der Waals surface area contributed by atoms with Gasteiger partial charge in [0.25, 0.3) is 0 Å². The summed E-state index contributed by atoms with van der Waals surface area (Å²) in [6, 6.07) is 8.17. The number of aliphatic hydroxyl groups is 1. The number of para-hydroxylation sites is 2. The first kappa shape index (κ1) is 13.2. The zero-order valence-electron chi connectivity index (χ0n) is 11.0. The molecule has 100 valence electrons. The molecule has 0 bridgehead atoms. The van der Waals surface area contributed by atoms with Crippen LogP contribution in [0.5, 0.6) is 5.75 Å². The molecule has 0 atom stereocenters. The normalized spacial score (nSPS) is 16.9. The fourth-order valence-corrected chi connectivity index (χ4v) is 2.40. The molecule has 1 aromatic carbocycles. The van der Waals surface area contributed by atoms with Crippen LogP contribution < -0.4 is 9.64 Å². The number of anilines is 1. The Kier molecular flexibility index (Phi) is 4.84. The number of nitrogens with zero attached hydrogens (tertiary/aromatic N) is 2. The maximum Gasteiger partial charge on any atom is 0.142 e. The molecule has 18 heavy (non-hydrogen) atoms. The third kappa shape index (κ3) is 3.15. The first-order valence-electron chi connectivity index (χ1n) is 6.56. The molecule has 1 fully saturated rings. The summed E-state index contributed by atoms with van der Waals surface area (Å²) >= 11 is 0. The highest BCUT2D eigenvalue weighted by atomic mass is 16.5. The SMILES string of the molecule is COc1ccccc1N1CCN(CCCO)CC1. The van der Waals surface area contributed by atoms with Crippen LogP contribution >= 0.6 is 0 Å². The topological polar surface area (TPSA) is 35.9 Å². The summed E-state index contributed by atoms with van der Waals surface area (Å²) in [7, 11) is 1.72. The van der Waals surface area contributed by atoms with E-state index in [4.69, 9.17) is 9.84 Å². The minimum atomic E-state index is 0.284. The zero-order valence-corrected chi connectivity index (χ0v) is 11.0. The van der Waals surface area contributed by atoms with Gasteiger partial charge in [-0.05, 0) is 18.6 Å². The number of hydrogen-bond donors (Lipinski definition) is 1. The predicted molar refractivity (Wildman–Crippen MR) is 73.3 cm³/mol. The van der Waals surface area contributed by atoms with Gasteiger partial charge in [-0.15, -0.1) is 0 Å². The summed E-state index contributed by atoms with van der Waals surface area (Å²) in [5.74, 6) is 0.946. The molecule has 0 spiro atoms. The third-order valence-corrected chi connectivity index (χ3v) is 3.43. The Labute approximate surface area is 109 Å². The second kappa shape index (κ2) is 6.61. The Bertz CT molecular complexity index is 363. The summed E-state index contributed by atoms with van der Waals surface area (Å²) < 4.78 is 5.40. The van der Waals surface area contributed by atoms with Crippen molar-refractivity contribution in [3.8, 4) is 5.75 Å². The van der Waals surface area contributed by atoms with E-state index in [0.29, 0.717) is 0 Å². The second-order valence-electron chi connectivity index (χ2n) is 4.58. The van der Waals surface area contributed by atoms with Crippen LogP contribution in [0.1, 0.15) is 6.42 Å². The van der Waals surface area contributed by atoms with Gasteiger partial charge in [0.1, 0.15) is 5.75 Å². The monoisotopic (exact) mass is 250 g/mol. The molecule has 1 aliphatic heterocycles. The van der Waals surface area contributed by atoms with Crippen molar-refractivity contribution in [1.29, 1.82) is 0 Å². The highest BCUT2D eigenvalue weighted by Crippen LogP contribution is 2.28. The van der Waals surface area contributed by atoms with Crippen LogP contribution in [0.25, 0.3) is 0 Å². The van der Waals surface area contributed by atoms with E-state index < -0.39 is 0 Å². The number of rotatable bonds is 5.